The van der Waals surface area contributed by atoms with Crippen molar-refractivity contribution >= 4 is 46.2 Å². The Morgan fingerprint density at radius 3 is 2.38 bits per heavy atom. The van der Waals surface area contributed by atoms with Crippen LogP contribution >= 0.6 is 22.7 Å². The third-order valence-corrected chi connectivity index (χ3v) is 9.02. The first-order valence-electron chi connectivity index (χ1n) is 12.1. The topological polar surface area (TPSA) is 48.8 Å². The first-order valence-corrected chi connectivity index (χ1v) is 13.8. The number of rotatable bonds is 4. The fourth-order valence-electron chi connectivity index (χ4n) is 5.29. The first kappa shape index (κ1) is 24.0. The number of nitrogens with one attached hydrogen (secondary N) is 2. The molecule has 0 amide bonds. The van der Waals surface area contributed by atoms with Crippen molar-refractivity contribution in [3.8, 4) is 0 Å². The fourth-order valence-corrected chi connectivity index (χ4v) is 7.35. The van der Waals surface area contributed by atoms with Crippen molar-refractivity contribution in [3.05, 3.63) is 101 Å². The van der Waals surface area contributed by atoms with Gasteiger partial charge in [-0.15, -0.1) is 22.7 Å². The van der Waals surface area contributed by atoms with Crippen LogP contribution in [0.5, 0.6) is 0 Å². The normalized spacial score (nSPS) is 18.1. The van der Waals surface area contributed by atoms with Crippen LogP contribution in [0.15, 0.2) is 52.4 Å². The molecule has 0 bridgehead atoms. The molecule has 2 aliphatic rings. The highest BCUT2D eigenvalue weighted by Gasteiger charge is 2.27. The lowest BCUT2D eigenvalue weighted by Crippen LogP contribution is -2.30. The average Bonchev–Trinajstić information content (AvgIpc) is 3.38. The van der Waals surface area contributed by atoms with Gasteiger partial charge in [-0.3, -0.25) is 0 Å². The first-order chi connectivity index (χ1) is 17.8. The number of hydrogen-bond acceptors (Lipinski definition) is 6. The summed E-state index contributed by atoms with van der Waals surface area (Å²) in [5, 5.41) is 6.76. The van der Waals surface area contributed by atoms with E-state index in [0.29, 0.717) is 17.7 Å². The van der Waals surface area contributed by atoms with Crippen molar-refractivity contribution < 1.29 is 8.78 Å². The summed E-state index contributed by atoms with van der Waals surface area (Å²) < 4.78 is 29.3. The summed E-state index contributed by atoms with van der Waals surface area (Å²) in [7, 11) is 0. The molecule has 2 aliphatic heterocycles. The average molecular weight is 533 g/mol. The number of aliphatic imine (C=N–C) groups is 2. The lowest BCUT2D eigenvalue weighted by Gasteiger charge is -2.27. The highest BCUT2D eigenvalue weighted by molar-refractivity contribution is 7.12. The Morgan fingerprint density at radius 2 is 1.59 bits per heavy atom. The Bertz CT molecular complexity index is 1600. The third kappa shape index (κ3) is 4.38. The van der Waals surface area contributed by atoms with E-state index in [-0.39, 0.29) is 23.7 Å². The number of thiophene rings is 2. The van der Waals surface area contributed by atoms with Crippen molar-refractivity contribution in [1.29, 1.82) is 0 Å². The van der Waals surface area contributed by atoms with Crippen molar-refractivity contribution in [2.45, 2.75) is 46.2 Å². The molecular formula is C29H26F2N4S2. The monoisotopic (exact) mass is 532 g/mol. The minimum Gasteiger partial charge on any atom is -0.365 e. The molecule has 4 heterocycles. The molecule has 2 N–H and O–H groups in total. The van der Waals surface area contributed by atoms with Gasteiger partial charge in [-0.1, -0.05) is 6.07 Å². The fraction of sp³-hybridized carbons (Fsp3) is 0.241. The maximum Gasteiger partial charge on any atom is 0.127 e. The van der Waals surface area contributed by atoms with E-state index in [0.717, 1.165) is 38.0 Å². The zero-order chi connectivity index (χ0) is 25.8. The van der Waals surface area contributed by atoms with Crippen molar-refractivity contribution in [2.75, 3.05) is 0 Å². The van der Waals surface area contributed by atoms with Gasteiger partial charge in [0.2, 0.25) is 0 Å². The second kappa shape index (κ2) is 9.19. The van der Waals surface area contributed by atoms with E-state index in [1.165, 1.54) is 27.5 Å². The highest BCUT2D eigenvalue weighted by Crippen LogP contribution is 2.41. The van der Waals surface area contributed by atoms with Gasteiger partial charge < -0.3 is 10.6 Å². The molecular weight excluding hydrogens is 506 g/mol. The van der Waals surface area contributed by atoms with Crippen molar-refractivity contribution in [3.63, 3.8) is 0 Å². The number of amidine groups is 1. The predicted octanol–water partition coefficient (Wildman–Crippen LogP) is 7.70. The van der Waals surface area contributed by atoms with Gasteiger partial charge in [-0.2, -0.15) is 0 Å². The van der Waals surface area contributed by atoms with Crippen LogP contribution in [0.25, 0.3) is 0 Å². The SMILES string of the molecule is CC1=Nc2cc(Cc3cc(C4NC=Nc5cc(F)ccc54)c(C)s3)c(F)cc2C(c2cc(C)sc2C)N1. The van der Waals surface area contributed by atoms with Gasteiger partial charge in [0.1, 0.15) is 11.6 Å². The number of halogens is 2. The zero-order valence-electron chi connectivity index (χ0n) is 20.9. The minimum atomic E-state index is -0.304. The Hall–Kier alpha value is -3.36. The molecule has 0 saturated carbocycles. The number of nitrogens with zero attached hydrogens (tertiary/aromatic N) is 2. The van der Waals surface area contributed by atoms with E-state index in [2.05, 4.69) is 48.5 Å². The molecule has 0 aliphatic carbocycles. The van der Waals surface area contributed by atoms with Gasteiger partial charge in [-0.05, 0) is 80.8 Å². The van der Waals surface area contributed by atoms with E-state index < -0.39 is 0 Å². The van der Waals surface area contributed by atoms with E-state index in [4.69, 9.17) is 4.99 Å². The van der Waals surface area contributed by atoms with Gasteiger partial charge in [0, 0.05) is 37.1 Å². The molecule has 2 aromatic heterocycles. The quantitative estimate of drug-likeness (QED) is 0.283. The third-order valence-electron chi connectivity index (χ3n) is 6.97. The van der Waals surface area contributed by atoms with Gasteiger partial charge in [0.15, 0.2) is 0 Å². The molecule has 0 saturated heterocycles. The second-order valence-corrected chi connectivity index (χ2v) is 12.4. The Kier molecular flexibility index (Phi) is 5.96. The van der Waals surface area contributed by atoms with Gasteiger partial charge in [0.25, 0.3) is 0 Å². The predicted molar refractivity (Wildman–Crippen MR) is 149 cm³/mol. The van der Waals surface area contributed by atoms with E-state index in [1.807, 2.05) is 13.0 Å². The highest BCUT2D eigenvalue weighted by atomic mass is 32.1. The van der Waals surface area contributed by atoms with Crippen LogP contribution in [0.1, 0.15) is 66.3 Å². The van der Waals surface area contributed by atoms with Crippen molar-refractivity contribution in [1.82, 2.24) is 10.6 Å². The Morgan fingerprint density at radius 1 is 0.811 bits per heavy atom. The molecule has 2 aromatic carbocycles. The Balaban J connectivity index is 1.33. The molecule has 37 heavy (non-hydrogen) atoms. The summed E-state index contributed by atoms with van der Waals surface area (Å²) in [5.41, 5.74) is 6.14. The van der Waals surface area contributed by atoms with Crippen LogP contribution in [-0.4, -0.2) is 12.2 Å². The van der Waals surface area contributed by atoms with Gasteiger partial charge in [0.05, 0.1) is 35.6 Å². The van der Waals surface area contributed by atoms with Crippen LogP contribution in [0.3, 0.4) is 0 Å². The lowest BCUT2D eigenvalue weighted by molar-refractivity contribution is 0.607. The number of aryl methyl sites for hydroxylation is 3. The summed E-state index contributed by atoms with van der Waals surface area (Å²) in [6.45, 7) is 8.23. The van der Waals surface area contributed by atoms with Gasteiger partial charge in [-0.25, -0.2) is 18.8 Å². The lowest BCUT2D eigenvalue weighted by atomic mass is 9.93. The van der Waals surface area contributed by atoms with E-state index in [1.54, 1.807) is 41.1 Å². The van der Waals surface area contributed by atoms with Crippen LogP contribution in [0, 0.1) is 32.4 Å². The van der Waals surface area contributed by atoms with Crippen LogP contribution < -0.4 is 10.6 Å². The summed E-state index contributed by atoms with van der Waals surface area (Å²) in [6.07, 6.45) is 2.10. The van der Waals surface area contributed by atoms with Crippen LogP contribution in [0.4, 0.5) is 20.2 Å². The standard InChI is InChI=1S/C29H26F2N4S2/c1-14-7-22(15(2)36-14)29-24-12-25(31)18(9-27(24)34-17(4)35-29)8-20-11-23(16(3)37-20)28-21-6-5-19(30)10-26(21)32-13-33-28/h5-7,9-13,28-29H,8H2,1-4H3,(H,32,33)(H,34,35). The maximum atomic E-state index is 15.5. The second-order valence-electron chi connectivity index (χ2n) is 9.61. The number of benzene rings is 2. The molecule has 0 spiro atoms. The molecule has 4 nitrogen and oxygen atoms in total. The number of hydrogen-bond donors (Lipinski definition) is 2. The molecule has 8 heteroatoms. The molecule has 188 valence electrons. The molecule has 4 aromatic rings. The minimum absolute atomic E-state index is 0.111. The Labute approximate surface area is 222 Å². The smallest absolute Gasteiger partial charge is 0.127 e. The molecule has 2 unspecified atom stereocenters. The largest absolute Gasteiger partial charge is 0.365 e. The molecule has 2 atom stereocenters. The van der Waals surface area contributed by atoms with Crippen molar-refractivity contribution in [2.24, 2.45) is 9.98 Å². The van der Waals surface area contributed by atoms with E-state index in [9.17, 15) is 4.39 Å². The zero-order valence-corrected chi connectivity index (χ0v) is 22.6. The summed E-state index contributed by atoms with van der Waals surface area (Å²) >= 11 is 3.41. The van der Waals surface area contributed by atoms with Crippen LogP contribution in [0.2, 0.25) is 0 Å². The summed E-state index contributed by atoms with van der Waals surface area (Å²) in [5.74, 6) is 0.302. The van der Waals surface area contributed by atoms with E-state index >= 15 is 4.39 Å². The van der Waals surface area contributed by atoms with Gasteiger partial charge >= 0.3 is 0 Å². The maximum absolute atomic E-state index is 15.5. The molecule has 0 fully saturated rings. The van der Waals surface area contributed by atoms with Crippen LogP contribution in [-0.2, 0) is 6.42 Å². The summed E-state index contributed by atoms with van der Waals surface area (Å²) in [4.78, 5) is 13.7. The molecule has 6 rings (SSSR count). The summed E-state index contributed by atoms with van der Waals surface area (Å²) in [6, 6.07) is 12.3. The molecule has 0 radical (unpaired) electrons. The number of fused-ring (bicyclic) bond motifs is 2.